The summed E-state index contributed by atoms with van der Waals surface area (Å²) in [6.07, 6.45) is 1.75. The first-order valence-electron chi connectivity index (χ1n) is 6.84. The number of fused-ring (bicyclic) bond motifs is 1. The molecule has 100 valence electrons. The van der Waals surface area contributed by atoms with Gasteiger partial charge in [-0.2, -0.15) is 0 Å². The first-order chi connectivity index (χ1) is 8.63. The molecule has 0 amide bonds. The van der Waals surface area contributed by atoms with Gasteiger partial charge in [-0.25, -0.2) is 0 Å². The highest BCUT2D eigenvalue weighted by molar-refractivity contribution is 5.37. The first-order valence-corrected chi connectivity index (χ1v) is 6.84. The molecule has 4 N–H and O–H groups in total. The van der Waals surface area contributed by atoms with E-state index in [0.717, 1.165) is 12.8 Å². The molecule has 0 radical (unpaired) electrons. The highest BCUT2D eigenvalue weighted by atomic mass is 16.3. The molecular formula is C15H24N2O. The summed E-state index contributed by atoms with van der Waals surface area (Å²) in [5.74, 6) is 0.515. The minimum Gasteiger partial charge on any atom is -0.396 e. The second-order valence-corrected chi connectivity index (χ2v) is 5.55. The Morgan fingerprint density at radius 3 is 2.61 bits per heavy atom. The van der Waals surface area contributed by atoms with Crippen LogP contribution in [0.2, 0.25) is 0 Å². The standard InChI is InChI=1S/C15H24N2O/c1-10(2)14(7-8-18)17-15-9-13(16)11-5-3-4-6-12(11)15/h3-6,10,13-15,17-18H,7-9,16H2,1-2H3. The van der Waals surface area contributed by atoms with Gasteiger partial charge in [-0.3, -0.25) is 0 Å². The molecule has 0 fully saturated rings. The van der Waals surface area contributed by atoms with Crippen LogP contribution in [0.1, 0.15) is 49.9 Å². The molecule has 2 rings (SSSR count). The van der Waals surface area contributed by atoms with Crippen LogP contribution in [0.4, 0.5) is 0 Å². The summed E-state index contributed by atoms with van der Waals surface area (Å²) in [5.41, 5.74) is 8.77. The first kappa shape index (κ1) is 13.5. The normalized spacial score (nSPS) is 24.3. The molecule has 1 aliphatic rings. The van der Waals surface area contributed by atoms with Crippen LogP contribution in [0, 0.1) is 5.92 Å². The highest BCUT2D eigenvalue weighted by Crippen LogP contribution is 2.37. The summed E-state index contributed by atoms with van der Waals surface area (Å²) in [7, 11) is 0. The summed E-state index contributed by atoms with van der Waals surface area (Å²) < 4.78 is 0. The summed E-state index contributed by atoms with van der Waals surface area (Å²) in [5, 5.41) is 12.8. The van der Waals surface area contributed by atoms with Gasteiger partial charge in [0, 0.05) is 24.7 Å². The number of benzene rings is 1. The molecule has 18 heavy (non-hydrogen) atoms. The van der Waals surface area contributed by atoms with E-state index in [2.05, 4.69) is 43.4 Å². The van der Waals surface area contributed by atoms with E-state index in [4.69, 9.17) is 10.8 Å². The Balaban J connectivity index is 2.11. The molecule has 3 unspecified atom stereocenters. The maximum absolute atomic E-state index is 9.14. The van der Waals surface area contributed by atoms with Crippen molar-refractivity contribution in [2.45, 2.75) is 44.8 Å². The average Bonchev–Trinajstić information content (AvgIpc) is 2.66. The number of aliphatic hydroxyl groups excluding tert-OH is 1. The molecule has 0 bridgehead atoms. The summed E-state index contributed by atoms with van der Waals surface area (Å²) in [4.78, 5) is 0. The van der Waals surface area contributed by atoms with Gasteiger partial charge in [0.15, 0.2) is 0 Å². The summed E-state index contributed by atoms with van der Waals surface area (Å²) in [6, 6.07) is 9.22. The maximum Gasteiger partial charge on any atom is 0.0445 e. The Hall–Kier alpha value is -0.900. The predicted molar refractivity (Wildman–Crippen MR) is 74.2 cm³/mol. The quantitative estimate of drug-likeness (QED) is 0.748. The zero-order chi connectivity index (χ0) is 13.1. The second kappa shape index (κ2) is 5.83. The van der Waals surface area contributed by atoms with Crippen LogP contribution < -0.4 is 11.1 Å². The van der Waals surface area contributed by atoms with Crippen LogP contribution in [-0.2, 0) is 0 Å². The van der Waals surface area contributed by atoms with Crippen molar-refractivity contribution >= 4 is 0 Å². The molecule has 0 aliphatic heterocycles. The Kier molecular flexibility index (Phi) is 4.38. The van der Waals surface area contributed by atoms with Gasteiger partial charge in [-0.1, -0.05) is 38.1 Å². The Bertz CT molecular complexity index is 392. The lowest BCUT2D eigenvalue weighted by molar-refractivity contribution is 0.233. The Morgan fingerprint density at radius 1 is 1.33 bits per heavy atom. The van der Waals surface area contributed by atoms with Gasteiger partial charge in [0.05, 0.1) is 0 Å². The van der Waals surface area contributed by atoms with Crippen molar-refractivity contribution in [2.75, 3.05) is 6.61 Å². The average molecular weight is 248 g/mol. The molecule has 3 nitrogen and oxygen atoms in total. The van der Waals surface area contributed by atoms with Gasteiger partial charge in [0.25, 0.3) is 0 Å². The van der Waals surface area contributed by atoms with E-state index >= 15 is 0 Å². The van der Waals surface area contributed by atoms with E-state index in [-0.39, 0.29) is 12.6 Å². The molecule has 1 aromatic rings. The van der Waals surface area contributed by atoms with Crippen molar-refractivity contribution in [1.82, 2.24) is 5.32 Å². The number of nitrogens with two attached hydrogens (primary N) is 1. The summed E-state index contributed by atoms with van der Waals surface area (Å²) in [6.45, 7) is 4.61. The van der Waals surface area contributed by atoms with Gasteiger partial charge >= 0.3 is 0 Å². The van der Waals surface area contributed by atoms with E-state index in [9.17, 15) is 0 Å². The van der Waals surface area contributed by atoms with Crippen LogP contribution >= 0.6 is 0 Å². The monoisotopic (exact) mass is 248 g/mol. The molecule has 0 heterocycles. The van der Waals surface area contributed by atoms with E-state index in [1.807, 2.05) is 0 Å². The van der Waals surface area contributed by atoms with Gasteiger partial charge in [0.2, 0.25) is 0 Å². The van der Waals surface area contributed by atoms with Crippen LogP contribution in [0.3, 0.4) is 0 Å². The molecule has 1 aliphatic carbocycles. The number of aliphatic hydroxyl groups is 1. The minimum atomic E-state index is 0.139. The molecule has 0 saturated heterocycles. The fraction of sp³-hybridized carbons (Fsp3) is 0.600. The SMILES string of the molecule is CC(C)C(CCO)NC1CC(N)c2ccccc21. The Labute approximate surface area is 109 Å². The number of rotatable bonds is 5. The molecule has 3 atom stereocenters. The van der Waals surface area contributed by atoms with Crippen LogP contribution in [-0.4, -0.2) is 17.8 Å². The molecule has 3 heteroatoms. The smallest absolute Gasteiger partial charge is 0.0445 e. The Morgan fingerprint density at radius 2 is 2.00 bits per heavy atom. The third-order valence-corrected chi connectivity index (χ3v) is 3.92. The molecule has 0 aromatic heterocycles. The number of nitrogens with one attached hydrogen (secondary N) is 1. The zero-order valence-corrected chi connectivity index (χ0v) is 11.3. The topological polar surface area (TPSA) is 58.3 Å². The van der Waals surface area contributed by atoms with Crippen molar-refractivity contribution in [1.29, 1.82) is 0 Å². The van der Waals surface area contributed by atoms with E-state index in [0.29, 0.717) is 18.0 Å². The van der Waals surface area contributed by atoms with Crippen molar-refractivity contribution in [3.63, 3.8) is 0 Å². The van der Waals surface area contributed by atoms with Gasteiger partial charge in [-0.15, -0.1) is 0 Å². The van der Waals surface area contributed by atoms with E-state index < -0.39 is 0 Å². The van der Waals surface area contributed by atoms with E-state index in [1.165, 1.54) is 11.1 Å². The predicted octanol–water partition coefficient (Wildman–Crippen LogP) is 2.13. The fourth-order valence-electron chi connectivity index (χ4n) is 2.84. The van der Waals surface area contributed by atoms with Gasteiger partial charge < -0.3 is 16.2 Å². The fourth-order valence-corrected chi connectivity index (χ4v) is 2.84. The third-order valence-electron chi connectivity index (χ3n) is 3.92. The van der Waals surface area contributed by atoms with Gasteiger partial charge in [-0.05, 0) is 29.9 Å². The van der Waals surface area contributed by atoms with Crippen molar-refractivity contribution in [2.24, 2.45) is 11.7 Å². The molecule has 1 aromatic carbocycles. The second-order valence-electron chi connectivity index (χ2n) is 5.55. The van der Waals surface area contributed by atoms with E-state index in [1.54, 1.807) is 0 Å². The van der Waals surface area contributed by atoms with Crippen molar-refractivity contribution < 1.29 is 5.11 Å². The van der Waals surface area contributed by atoms with Crippen molar-refractivity contribution in [3.8, 4) is 0 Å². The highest BCUT2D eigenvalue weighted by Gasteiger charge is 2.30. The van der Waals surface area contributed by atoms with Crippen LogP contribution in [0.15, 0.2) is 24.3 Å². The maximum atomic E-state index is 9.14. The van der Waals surface area contributed by atoms with Crippen LogP contribution in [0.5, 0.6) is 0 Å². The number of hydrogen-bond acceptors (Lipinski definition) is 3. The van der Waals surface area contributed by atoms with Crippen molar-refractivity contribution in [3.05, 3.63) is 35.4 Å². The van der Waals surface area contributed by atoms with Gasteiger partial charge in [0.1, 0.15) is 0 Å². The largest absolute Gasteiger partial charge is 0.396 e. The molecule has 0 saturated carbocycles. The molecular weight excluding hydrogens is 224 g/mol. The lowest BCUT2D eigenvalue weighted by atomic mass is 9.98. The minimum absolute atomic E-state index is 0.139. The number of hydrogen-bond donors (Lipinski definition) is 3. The zero-order valence-electron chi connectivity index (χ0n) is 11.3. The third kappa shape index (κ3) is 2.74. The molecule has 0 spiro atoms. The van der Waals surface area contributed by atoms with Crippen LogP contribution in [0.25, 0.3) is 0 Å². The lowest BCUT2D eigenvalue weighted by Crippen LogP contribution is -2.37. The lowest BCUT2D eigenvalue weighted by Gasteiger charge is -2.26. The summed E-state index contributed by atoms with van der Waals surface area (Å²) >= 11 is 0.